The van der Waals surface area contributed by atoms with E-state index < -0.39 is 43.1 Å². The molecule has 0 saturated heterocycles. The molecule has 0 amide bonds. The second kappa shape index (κ2) is 5.71. The van der Waals surface area contributed by atoms with Gasteiger partial charge in [-0.25, -0.2) is 17.6 Å². The predicted octanol–water partition coefficient (Wildman–Crippen LogP) is 1.53. The molecule has 0 aromatic rings. The van der Waals surface area contributed by atoms with Gasteiger partial charge in [-0.15, -0.1) is 0 Å². The lowest BCUT2D eigenvalue weighted by atomic mass is 9.90. The van der Waals surface area contributed by atoms with Gasteiger partial charge in [0.2, 0.25) is 0 Å². The van der Waals surface area contributed by atoms with Crippen molar-refractivity contribution in [1.82, 2.24) is 5.32 Å². The summed E-state index contributed by atoms with van der Waals surface area (Å²) in [4.78, 5) is 0. The minimum Gasteiger partial charge on any atom is -0.393 e. The van der Waals surface area contributed by atoms with Crippen molar-refractivity contribution in [3.05, 3.63) is 0 Å². The maximum Gasteiger partial charge on any atom is 0.266 e. The highest BCUT2D eigenvalue weighted by Crippen LogP contribution is 2.30. The predicted molar refractivity (Wildman–Crippen MR) is 57.8 cm³/mol. The highest BCUT2D eigenvalue weighted by atomic mass is 19.3. The number of halogens is 4. The minimum atomic E-state index is -3.52. The first-order valence-corrected chi connectivity index (χ1v) is 5.94. The second-order valence-corrected chi connectivity index (χ2v) is 5.12. The number of hydrogen-bond donors (Lipinski definition) is 3. The molecule has 108 valence electrons. The third kappa shape index (κ3) is 5.49. The second-order valence-electron chi connectivity index (χ2n) is 5.12. The summed E-state index contributed by atoms with van der Waals surface area (Å²) in [6.07, 6.45) is -2.19. The van der Waals surface area contributed by atoms with E-state index in [0.717, 1.165) is 0 Å². The lowest BCUT2D eigenvalue weighted by Crippen LogP contribution is -2.49. The Labute approximate surface area is 103 Å². The van der Waals surface area contributed by atoms with E-state index in [2.05, 4.69) is 5.32 Å². The molecule has 0 bridgehead atoms. The van der Waals surface area contributed by atoms with E-state index in [1.807, 2.05) is 0 Å². The number of nitrogens with one attached hydrogen (secondary N) is 1. The average Bonchev–Trinajstić information content (AvgIpc) is 2.12. The van der Waals surface area contributed by atoms with Gasteiger partial charge >= 0.3 is 0 Å². The molecular weight excluding hydrogens is 254 g/mol. The molecule has 1 aliphatic rings. The molecule has 0 aliphatic heterocycles. The fraction of sp³-hybridized carbons (Fsp3) is 1.00. The molecule has 1 aliphatic carbocycles. The zero-order valence-corrected chi connectivity index (χ0v) is 10.2. The third-order valence-corrected chi connectivity index (χ3v) is 2.98. The molecule has 0 aromatic heterocycles. The van der Waals surface area contributed by atoms with Crippen LogP contribution in [0.2, 0.25) is 0 Å². The van der Waals surface area contributed by atoms with Gasteiger partial charge in [-0.3, -0.25) is 0 Å². The number of rotatable bonds is 5. The van der Waals surface area contributed by atoms with Gasteiger partial charge in [0.15, 0.2) is 0 Å². The number of aliphatic hydroxyl groups is 2. The van der Waals surface area contributed by atoms with Crippen LogP contribution in [0.4, 0.5) is 17.6 Å². The van der Waals surface area contributed by atoms with E-state index in [-0.39, 0.29) is 6.42 Å². The fourth-order valence-corrected chi connectivity index (χ4v) is 2.16. The Bertz CT molecular complexity index is 270. The lowest BCUT2D eigenvalue weighted by molar-refractivity contribution is -0.102. The summed E-state index contributed by atoms with van der Waals surface area (Å²) in [7, 11) is 0. The fourth-order valence-electron chi connectivity index (χ4n) is 2.16. The van der Waals surface area contributed by atoms with Crippen LogP contribution in [0.1, 0.15) is 32.6 Å². The van der Waals surface area contributed by atoms with Gasteiger partial charge < -0.3 is 15.5 Å². The molecule has 3 unspecified atom stereocenters. The van der Waals surface area contributed by atoms with Gasteiger partial charge in [-0.05, 0) is 19.8 Å². The van der Waals surface area contributed by atoms with Crippen LogP contribution in [0.25, 0.3) is 0 Å². The Morgan fingerprint density at radius 1 is 1.17 bits per heavy atom. The maximum absolute atomic E-state index is 13.2. The first-order valence-electron chi connectivity index (χ1n) is 5.94. The molecule has 3 atom stereocenters. The van der Waals surface area contributed by atoms with Crippen molar-refractivity contribution in [2.24, 2.45) is 0 Å². The van der Waals surface area contributed by atoms with Crippen LogP contribution in [0.5, 0.6) is 0 Å². The molecule has 0 radical (unpaired) electrons. The lowest BCUT2D eigenvalue weighted by Gasteiger charge is -2.32. The van der Waals surface area contributed by atoms with Crippen molar-refractivity contribution >= 4 is 0 Å². The molecule has 3 nitrogen and oxygen atoms in total. The van der Waals surface area contributed by atoms with Gasteiger partial charge in [0.1, 0.15) is 0 Å². The van der Waals surface area contributed by atoms with Gasteiger partial charge in [-0.1, -0.05) is 0 Å². The monoisotopic (exact) mass is 273 g/mol. The quantitative estimate of drug-likeness (QED) is 0.666. The van der Waals surface area contributed by atoms with Crippen molar-refractivity contribution in [3.63, 3.8) is 0 Å². The van der Waals surface area contributed by atoms with Crippen LogP contribution in [0.3, 0.4) is 0 Å². The summed E-state index contributed by atoms with van der Waals surface area (Å²) in [5, 5.41) is 21.2. The standard InChI is InChI=1S/C11H19F4NO2/c1-10(12,13)5-11(14,15)6-16-8-3-2-7(17)4-9(8)18/h7-9,16-18H,2-6H2,1H3. The van der Waals surface area contributed by atoms with Crippen molar-refractivity contribution in [1.29, 1.82) is 0 Å². The summed E-state index contributed by atoms with van der Waals surface area (Å²) in [5.41, 5.74) is 0. The Kier molecular flexibility index (Phi) is 4.97. The van der Waals surface area contributed by atoms with Crippen LogP contribution in [0.15, 0.2) is 0 Å². The van der Waals surface area contributed by atoms with Crippen LogP contribution >= 0.6 is 0 Å². The van der Waals surface area contributed by atoms with Crippen LogP contribution < -0.4 is 5.32 Å². The summed E-state index contributed by atoms with van der Waals surface area (Å²) < 4.78 is 51.5. The van der Waals surface area contributed by atoms with E-state index in [1.54, 1.807) is 0 Å². The normalized spacial score (nSPS) is 30.5. The topological polar surface area (TPSA) is 52.5 Å². The van der Waals surface area contributed by atoms with Crippen LogP contribution in [-0.4, -0.2) is 46.9 Å². The number of aliphatic hydroxyl groups excluding tert-OH is 2. The van der Waals surface area contributed by atoms with Gasteiger partial charge in [0, 0.05) is 12.5 Å². The summed E-state index contributed by atoms with van der Waals surface area (Å²) in [6, 6.07) is -0.579. The first-order chi connectivity index (χ1) is 8.09. The molecule has 1 fully saturated rings. The summed E-state index contributed by atoms with van der Waals surface area (Å²) in [6.45, 7) is -0.443. The average molecular weight is 273 g/mol. The summed E-state index contributed by atoms with van der Waals surface area (Å²) in [5.74, 6) is -6.94. The van der Waals surface area contributed by atoms with Gasteiger partial charge in [0.25, 0.3) is 11.8 Å². The molecule has 0 spiro atoms. The number of alkyl halides is 4. The van der Waals surface area contributed by atoms with E-state index in [4.69, 9.17) is 0 Å². The van der Waals surface area contributed by atoms with E-state index >= 15 is 0 Å². The Hall–Kier alpha value is -0.400. The van der Waals surface area contributed by atoms with Crippen molar-refractivity contribution < 1.29 is 27.8 Å². The van der Waals surface area contributed by atoms with Crippen molar-refractivity contribution in [2.75, 3.05) is 6.54 Å². The Balaban J connectivity index is 2.40. The van der Waals surface area contributed by atoms with E-state index in [0.29, 0.717) is 19.8 Å². The molecule has 3 N–H and O–H groups in total. The minimum absolute atomic E-state index is 0.118. The molecule has 7 heteroatoms. The molecule has 1 rings (SSSR count). The van der Waals surface area contributed by atoms with Crippen molar-refractivity contribution in [3.8, 4) is 0 Å². The smallest absolute Gasteiger partial charge is 0.266 e. The first kappa shape index (κ1) is 15.7. The zero-order chi connectivity index (χ0) is 14.0. The molecule has 0 heterocycles. The van der Waals surface area contributed by atoms with E-state index in [1.165, 1.54) is 0 Å². The maximum atomic E-state index is 13.2. The van der Waals surface area contributed by atoms with Crippen LogP contribution in [-0.2, 0) is 0 Å². The number of hydrogen-bond acceptors (Lipinski definition) is 3. The molecule has 1 saturated carbocycles. The van der Waals surface area contributed by atoms with Gasteiger partial charge in [-0.2, -0.15) is 0 Å². The van der Waals surface area contributed by atoms with Crippen molar-refractivity contribution in [2.45, 2.75) is 62.7 Å². The highest BCUT2D eigenvalue weighted by Gasteiger charge is 2.40. The third-order valence-electron chi connectivity index (χ3n) is 2.98. The molecule has 0 aromatic carbocycles. The molecular formula is C11H19F4NO2. The summed E-state index contributed by atoms with van der Waals surface area (Å²) >= 11 is 0. The largest absolute Gasteiger partial charge is 0.393 e. The zero-order valence-electron chi connectivity index (χ0n) is 10.2. The van der Waals surface area contributed by atoms with E-state index in [9.17, 15) is 27.8 Å². The highest BCUT2D eigenvalue weighted by molar-refractivity contribution is 4.87. The SMILES string of the molecule is CC(F)(F)CC(F)(F)CNC1CCC(O)CC1O. The Morgan fingerprint density at radius 3 is 2.28 bits per heavy atom. The Morgan fingerprint density at radius 2 is 1.78 bits per heavy atom. The molecule has 18 heavy (non-hydrogen) atoms. The van der Waals surface area contributed by atoms with Crippen LogP contribution in [0, 0.1) is 0 Å². The van der Waals surface area contributed by atoms with Gasteiger partial charge in [0.05, 0.1) is 25.2 Å².